The molecule has 0 aliphatic heterocycles. The van der Waals surface area contributed by atoms with Crippen molar-refractivity contribution in [2.75, 3.05) is 32.3 Å². The van der Waals surface area contributed by atoms with Crippen LogP contribution in [0, 0.1) is 11.8 Å². The van der Waals surface area contributed by atoms with E-state index in [1.54, 1.807) is 12.0 Å². The molecule has 38 heavy (non-hydrogen) atoms. The maximum absolute atomic E-state index is 13.7. The Morgan fingerprint density at radius 3 is 2.68 bits per heavy atom. The second kappa shape index (κ2) is 11.7. The van der Waals surface area contributed by atoms with Crippen LogP contribution in [0.25, 0.3) is 11.2 Å². The number of allylic oxidation sites excluding steroid dienone is 4. The molecule has 3 heterocycles. The minimum atomic E-state index is -0.424. The lowest BCUT2D eigenvalue weighted by atomic mass is 9.82. The number of methoxy groups -OCH3 is 2. The van der Waals surface area contributed by atoms with E-state index < -0.39 is 5.97 Å². The molecule has 1 unspecified atom stereocenters. The maximum Gasteiger partial charge on any atom is 0.350 e. The standard InChI is InChI=1S/C30H35N3O4S/c1-20-7-9-23(10-8-20)29(34)33(16-17-36-2)25-18-26(38-28(25)30(35)37-3)22-13-11-21(12-14-22)24-19-32-15-5-4-6-27(32)31-24/h4-6,11,13-15,18-21,23H,7-10,12,16-17H2,1-3H3/t20-,21?,23-. The molecule has 1 saturated carbocycles. The summed E-state index contributed by atoms with van der Waals surface area (Å²) < 4.78 is 12.5. The molecule has 0 spiro atoms. The van der Waals surface area contributed by atoms with Gasteiger partial charge in [0.05, 0.1) is 25.1 Å². The number of ether oxygens (including phenoxy) is 2. The molecule has 1 amide bonds. The van der Waals surface area contributed by atoms with Gasteiger partial charge in [0, 0.05) is 42.8 Å². The molecule has 200 valence electrons. The number of amides is 1. The third-order valence-electron chi connectivity index (χ3n) is 7.67. The largest absolute Gasteiger partial charge is 0.465 e. The van der Waals surface area contributed by atoms with E-state index in [0.717, 1.165) is 53.9 Å². The molecule has 2 aliphatic rings. The van der Waals surface area contributed by atoms with E-state index in [2.05, 4.69) is 31.3 Å². The van der Waals surface area contributed by atoms with Gasteiger partial charge in [-0.3, -0.25) is 4.79 Å². The Morgan fingerprint density at radius 2 is 2.00 bits per heavy atom. The number of fused-ring (bicyclic) bond motifs is 1. The number of thiophene rings is 1. The molecule has 3 aromatic heterocycles. The van der Waals surface area contributed by atoms with E-state index in [9.17, 15) is 9.59 Å². The lowest BCUT2D eigenvalue weighted by molar-refractivity contribution is -0.123. The summed E-state index contributed by atoms with van der Waals surface area (Å²) in [6, 6.07) is 7.96. The van der Waals surface area contributed by atoms with Crippen LogP contribution in [0.3, 0.4) is 0 Å². The summed E-state index contributed by atoms with van der Waals surface area (Å²) in [7, 11) is 3.01. The lowest BCUT2D eigenvalue weighted by Crippen LogP contribution is -2.40. The van der Waals surface area contributed by atoms with Crippen LogP contribution in [-0.2, 0) is 14.3 Å². The number of imidazole rings is 1. The summed E-state index contributed by atoms with van der Waals surface area (Å²) in [5, 5.41) is 0. The van der Waals surface area contributed by atoms with Crippen LogP contribution in [0.2, 0.25) is 0 Å². The van der Waals surface area contributed by atoms with Crippen molar-refractivity contribution in [3.05, 3.63) is 70.3 Å². The predicted octanol–water partition coefficient (Wildman–Crippen LogP) is 6.12. The Bertz CT molecular complexity index is 1330. The van der Waals surface area contributed by atoms with Gasteiger partial charge in [-0.2, -0.15) is 0 Å². The van der Waals surface area contributed by atoms with Gasteiger partial charge >= 0.3 is 5.97 Å². The Morgan fingerprint density at radius 1 is 1.18 bits per heavy atom. The first kappa shape index (κ1) is 26.4. The molecular formula is C30H35N3O4S. The molecule has 5 rings (SSSR count). The maximum atomic E-state index is 13.7. The molecule has 1 fully saturated rings. The normalized spacial score (nSPS) is 21.3. The fourth-order valence-electron chi connectivity index (χ4n) is 5.38. The van der Waals surface area contributed by atoms with Crippen LogP contribution in [0.5, 0.6) is 0 Å². The van der Waals surface area contributed by atoms with Crippen molar-refractivity contribution in [1.29, 1.82) is 0 Å². The number of anilines is 1. The second-order valence-electron chi connectivity index (χ2n) is 10.2. The highest BCUT2D eigenvalue weighted by molar-refractivity contribution is 7.15. The molecule has 0 saturated heterocycles. The zero-order valence-electron chi connectivity index (χ0n) is 22.3. The van der Waals surface area contributed by atoms with Gasteiger partial charge < -0.3 is 18.8 Å². The zero-order chi connectivity index (χ0) is 26.6. The van der Waals surface area contributed by atoms with Crippen LogP contribution in [0.1, 0.15) is 65.2 Å². The fraction of sp³-hybridized carbons (Fsp3) is 0.433. The van der Waals surface area contributed by atoms with Crippen LogP contribution in [0.4, 0.5) is 5.69 Å². The number of carbonyl (C=O) groups excluding carboxylic acids is 2. The van der Waals surface area contributed by atoms with E-state index in [0.29, 0.717) is 29.6 Å². The molecular weight excluding hydrogens is 498 g/mol. The Balaban J connectivity index is 1.41. The van der Waals surface area contributed by atoms with Crippen molar-refractivity contribution >= 4 is 40.1 Å². The number of hydrogen-bond donors (Lipinski definition) is 0. The van der Waals surface area contributed by atoms with Gasteiger partial charge in [-0.05, 0) is 61.8 Å². The number of esters is 1. The highest BCUT2D eigenvalue weighted by Gasteiger charge is 2.32. The van der Waals surface area contributed by atoms with E-state index in [-0.39, 0.29) is 17.7 Å². The first-order chi connectivity index (χ1) is 18.5. The fourth-order valence-corrected chi connectivity index (χ4v) is 6.48. The quantitative estimate of drug-likeness (QED) is 0.327. The summed E-state index contributed by atoms with van der Waals surface area (Å²) in [5.41, 5.74) is 3.62. The third kappa shape index (κ3) is 5.47. The number of pyridine rings is 1. The van der Waals surface area contributed by atoms with Crippen molar-refractivity contribution in [3.8, 4) is 0 Å². The van der Waals surface area contributed by atoms with Crippen LogP contribution in [0.15, 0.2) is 54.9 Å². The summed E-state index contributed by atoms with van der Waals surface area (Å²) in [5.74, 6) is 0.456. The second-order valence-corrected chi connectivity index (χ2v) is 11.3. The third-order valence-corrected chi connectivity index (χ3v) is 8.82. The molecule has 0 aromatic carbocycles. The average Bonchev–Trinajstić information content (AvgIpc) is 3.58. The molecule has 1 atom stereocenters. The highest BCUT2D eigenvalue weighted by Crippen LogP contribution is 2.40. The number of aromatic nitrogens is 2. The van der Waals surface area contributed by atoms with Gasteiger partial charge in [-0.15, -0.1) is 11.3 Å². The van der Waals surface area contributed by atoms with Gasteiger partial charge in [0.2, 0.25) is 5.91 Å². The summed E-state index contributed by atoms with van der Waals surface area (Å²) >= 11 is 1.38. The Hall–Kier alpha value is -3.23. The number of nitrogens with zero attached hydrogens (tertiary/aromatic N) is 3. The van der Waals surface area contributed by atoms with Gasteiger partial charge in [0.1, 0.15) is 10.5 Å². The molecule has 0 bridgehead atoms. The zero-order valence-corrected chi connectivity index (χ0v) is 23.1. The number of carbonyl (C=O) groups is 2. The topological polar surface area (TPSA) is 73.1 Å². The van der Waals surface area contributed by atoms with Crippen molar-refractivity contribution in [2.45, 2.75) is 44.9 Å². The minimum Gasteiger partial charge on any atom is -0.465 e. The SMILES string of the molecule is COCCN(c1cc(C2=CCC(c3cn4ccccc4n3)C=C2)sc1C(=O)OC)C(=O)[C@H]1CC[C@H](C)CC1. The molecule has 7 nitrogen and oxygen atoms in total. The lowest BCUT2D eigenvalue weighted by Gasteiger charge is -2.31. The molecule has 3 aromatic rings. The first-order valence-electron chi connectivity index (χ1n) is 13.3. The first-order valence-corrected chi connectivity index (χ1v) is 14.1. The van der Waals surface area contributed by atoms with Crippen molar-refractivity contribution in [1.82, 2.24) is 9.38 Å². The molecule has 8 heteroatoms. The van der Waals surface area contributed by atoms with Gasteiger partial charge in [-0.25, -0.2) is 9.78 Å². The van der Waals surface area contributed by atoms with E-state index in [1.807, 2.05) is 34.9 Å². The van der Waals surface area contributed by atoms with E-state index in [4.69, 9.17) is 14.5 Å². The van der Waals surface area contributed by atoms with E-state index >= 15 is 0 Å². The molecule has 2 aliphatic carbocycles. The summed E-state index contributed by atoms with van der Waals surface area (Å²) in [6.45, 7) is 3.03. The average molecular weight is 534 g/mol. The molecule has 0 radical (unpaired) electrons. The van der Waals surface area contributed by atoms with Crippen molar-refractivity contribution in [2.24, 2.45) is 11.8 Å². The Kier molecular flexibility index (Phi) is 8.09. The smallest absolute Gasteiger partial charge is 0.350 e. The predicted molar refractivity (Wildman–Crippen MR) is 151 cm³/mol. The van der Waals surface area contributed by atoms with Crippen molar-refractivity contribution in [3.63, 3.8) is 0 Å². The van der Waals surface area contributed by atoms with Gasteiger partial charge in [0.25, 0.3) is 0 Å². The van der Waals surface area contributed by atoms with Gasteiger partial charge in [0.15, 0.2) is 0 Å². The Labute approximate surface area is 227 Å². The van der Waals surface area contributed by atoms with Crippen molar-refractivity contribution < 1.29 is 19.1 Å². The van der Waals surface area contributed by atoms with Gasteiger partial charge in [-0.1, -0.05) is 31.2 Å². The minimum absolute atomic E-state index is 0.0307. The number of rotatable bonds is 8. The summed E-state index contributed by atoms with van der Waals surface area (Å²) in [4.78, 5) is 34.5. The molecule has 0 N–H and O–H groups in total. The van der Waals surface area contributed by atoms with E-state index in [1.165, 1.54) is 18.4 Å². The van der Waals surface area contributed by atoms with Crippen LogP contribution < -0.4 is 4.90 Å². The van der Waals surface area contributed by atoms with Crippen LogP contribution in [-0.4, -0.2) is 48.6 Å². The summed E-state index contributed by atoms with van der Waals surface area (Å²) in [6.07, 6.45) is 15.2. The number of hydrogen-bond acceptors (Lipinski definition) is 6. The van der Waals surface area contributed by atoms with Crippen LogP contribution >= 0.6 is 11.3 Å². The monoisotopic (exact) mass is 533 g/mol. The highest BCUT2D eigenvalue weighted by atomic mass is 32.1.